The number of carbonyl (C=O) groups excluding carboxylic acids is 1. The van der Waals surface area contributed by atoms with Crippen molar-refractivity contribution in [2.24, 2.45) is 4.99 Å². The number of aliphatic imine (C=N–C) groups is 1. The molecular formula is C26H24N4O4S. The van der Waals surface area contributed by atoms with Crippen LogP contribution in [0.3, 0.4) is 0 Å². The Morgan fingerprint density at radius 3 is 2.60 bits per heavy atom. The van der Waals surface area contributed by atoms with E-state index in [-0.39, 0.29) is 17.6 Å². The zero-order valence-electron chi connectivity index (χ0n) is 19.2. The Balaban J connectivity index is 1.44. The molecule has 5 rings (SSSR count). The van der Waals surface area contributed by atoms with Crippen molar-refractivity contribution in [3.63, 3.8) is 0 Å². The summed E-state index contributed by atoms with van der Waals surface area (Å²) in [5.74, 6) is 1.62. The van der Waals surface area contributed by atoms with Crippen molar-refractivity contribution < 1.29 is 14.1 Å². The summed E-state index contributed by atoms with van der Waals surface area (Å²) in [5.41, 5.74) is 1.62. The van der Waals surface area contributed by atoms with E-state index in [1.165, 1.54) is 30.3 Å². The summed E-state index contributed by atoms with van der Waals surface area (Å²) < 4.78 is 5.95. The van der Waals surface area contributed by atoms with E-state index in [2.05, 4.69) is 4.98 Å². The molecule has 0 N–H and O–H groups in total. The van der Waals surface area contributed by atoms with Crippen LogP contribution < -0.4 is 0 Å². The van der Waals surface area contributed by atoms with E-state index in [1.54, 1.807) is 30.3 Å². The van der Waals surface area contributed by atoms with Gasteiger partial charge in [0.2, 0.25) is 0 Å². The maximum atomic E-state index is 13.5. The lowest BCUT2D eigenvalue weighted by Crippen LogP contribution is -2.40. The van der Waals surface area contributed by atoms with Gasteiger partial charge in [0.15, 0.2) is 11.0 Å². The summed E-state index contributed by atoms with van der Waals surface area (Å²) in [6.45, 7) is 1.92. The van der Waals surface area contributed by atoms with E-state index in [9.17, 15) is 14.9 Å². The van der Waals surface area contributed by atoms with Gasteiger partial charge < -0.3 is 4.42 Å². The van der Waals surface area contributed by atoms with E-state index in [0.29, 0.717) is 27.4 Å². The number of thioether (sulfide) groups is 1. The van der Waals surface area contributed by atoms with Crippen LogP contribution in [0.4, 0.5) is 11.5 Å². The first-order valence-corrected chi connectivity index (χ1v) is 12.4. The van der Waals surface area contributed by atoms with Crippen LogP contribution in [0.25, 0.3) is 17.4 Å². The molecule has 1 saturated heterocycles. The molecule has 8 nitrogen and oxygen atoms in total. The van der Waals surface area contributed by atoms with Crippen LogP contribution >= 0.6 is 11.8 Å². The molecule has 1 aliphatic carbocycles. The van der Waals surface area contributed by atoms with E-state index in [1.807, 2.05) is 30.0 Å². The molecule has 2 fully saturated rings. The van der Waals surface area contributed by atoms with Crippen molar-refractivity contribution in [1.29, 1.82) is 0 Å². The molecule has 0 unspecified atom stereocenters. The largest absolute Gasteiger partial charge is 0.457 e. The Labute approximate surface area is 206 Å². The molecule has 1 amide bonds. The summed E-state index contributed by atoms with van der Waals surface area (Å²) in [5, 5.41) is 11.5. The first-order chi connectivity index (χ1) is 17.0. The molecule has 0 bridgehead atoms. The molecule has 9 heteroatoms. The normalized spacial score (nSPS) is 19.1. The first kappa shape index (κ1) is 23.0. The van der Waals surface area contributed by atoms with Gasteiger partial charge in [-0.25, -0.2) is 9.98 Å². The number of hydrogen-bond acceptors (Lipinski definition) is 7. The number of hydrogen-bond donors (Lipinski definition) is 0. The smallest absolute Gasteiger partial charge is 0.269 e. The van der Waals surface area contributed by atoms with Gasteiger partial charge >= 0.3 is 0 Å². The van der Waals surface area contributed by atoms with Gasteiger partial charge in [-0.3, -0.25) is 19.8 Å². The third-order valence-electron chi connectivity index (χ3n) is 6.12. The summed E-state index contributed by atoms with van der Waals surface area (Å²) in [6.07, 6.45) is 7.06. The lowest BCUT2D eigenvalue weighted by molar-refractivity contribution is -0.384. The van der Waals surface area contributed by atoms with Crippen molar-refractivity contribution in [3.8, 4) is 11.3 Å². The lowest BCUT2D eigenvalue weighted by Gasteiger charge is -2.30. The number of aromatic nitrogens is 1. The average Bonchev–Trinajstić information content (AvgIpc) is 3.44. The van der Waals surface area contributed by atoms with Crippen LogP contribution in [0.2, 0.25) is 0 Å². The number of pyridine rings is 1. The minimum atomic E-state index is -0.436. The minimum Gasteiger partial charge on any atom is -0.457 e. The number of rotatable bonds is 5. The van der Waals surface area contributed by atoms with Gasteiger partial charge in [0, 0.05) is 35.5 Å². The van der Waals surface area contributed by atoms with Crippen LogP contribution in [-0.4, -0.2) is 31.9 Å². The molecule has 1 saturated carbocycles. The lowest BCUT2D eigenvalue weighted by atomic mass is 9.94. The van der Waals surface area contributed by atoms with E-state index >= 15 is 0 Å². The predicted molar refractivity (Wildman–Crippen MR) is 136 cm³/mol. The Morgan fingerprint density at radius 2 is 1.89 bits per heavy atom. The van der Waals surface area contributed by atoms with Crippen LogP contribution in [0.1, 0.15) is 43.6 Å². The van der Waals surface area contributed by atoms with Crippen LogP contribution in [0.15, 0.2) is 68.9 Å². The van der Waals surface area contributed by atoms with E-state index in [4.69, 9.17) is 9.41 Å². The maximum absolute atomic E-state index is 13.5. The number of nitrogens with zero attached hydrogens (tertiary/aromatic N) is 4. The molecule has 3 heterocycles. The maximum Gasteiger partial charge on any atom is 0.269 e. The molecule has 0 atom stereocenters. The van der Waals surface area contributed by atoms with Crippen molar-refractivity contribution in [3.05, 3.63) is 81.1 Å². The van der Waals surface area contributed by atoms with E-state index < -0.39 is 4.92 Å². The van der Waals surface area contributed by atoms with Crippen molar-refractivity contribution in [2.45, 2.75) is 45.1 Å². The first-order valence-electron chi connectivity index (χ1n) is 11.6. The molecule has 1 aliphatic heterocycles. The summed E-state index contributed by atoms with van der Waals surface area (Å²) in [4.78, 5) is 35.6. The highest BCUT2D eigenvalue weighted by Crippen LogP contribution is 2.39. The highest BCUT2D eigenvalue weighted by atomic mass is 32.2. The number of amidine groups is 1. The summed E-state index contributed by atoms with van der Waals surface area (Å²) >= 11 is 1.34. The molecule has 3 aromatic rings. The summed E-state index contributed by atoms with van der Waals surface area (Å²) in [6, 6.07) is 15.6. The zero-order valence-corrected chi connectivity index (χ0v) is 20.0. The molecule has 2 aliphatic rings. The van der Waals surface area contributed by atoms with Gasteiger partial charge in [-0.1, -0.05) is 25.3 Å². The van der Waals surface area contributed by atoms with Crippen LogP contribution in [0.5, 0.6) is 0 Å². The zero-order chi connectivity index (χ0) is 24.4. The molecule has 2 aromatic heterocycles. The molecular weight excluding hydrogens is 464 g/mol. The fraction of sp³-hybridized carbons (Fsp3) is 0.269. The predicted octanol–water partition coefficient (Wildman–Crippen LogP) is 6.49. The van der Waals surface area contributed by atoms with Gasteiger partial charge in [0.25, 0.3) is 11.6 Å². The standard InChI is InChI=1S/C26H24N4O4S/c1-17-6-5-9-24(27-17)28-26-29(19-7-3-2-4-8-19)25(31)23(35-26)16-21-14-15-22(34-21)18-10-12-20(13-11-18)30(32)33/h5-6,9-16,19H,2-4,7-8H2,1H3/b23-16+,28-26+. The van der Waals surface area contributed by atoms with Crippen molar-refractivity contribution >= 4 is 40.4 Å². The van der Waals surface area contributed by atoms with E-state index in [0.717, 1.165) is 36.9 Å². The fourth-order valence-electron chi connectivity index (χ4n) is 4.38. The molecule has 35 heavy (non-hydrogen) atoms. The van der Waals surface area contributed by atoms with Gasteiger partial charge in [-0.15, -0.1) is 0 Å². The third-order valence-corrected chi connectivity index (χ3v) is 7.11. The quantitative estimate of drug-likeness (QED) is 0.231. The number of benzene rings is 1. The Bertz CT molecular complexity index is 1320. The number of nitro groups is 1. The van der Waals surface area contributed by atoms with Crippen molar-refractivity contribution in [2.75, 3.05) is 0 Å². The molecule has 0 spiro atoms. The summed E-state index contributed by atoms with van der Waals surface area (Å²) in [7, 11) is 0. The number of nitro benzene ring substituents is 1. The second-order valence-corrected chi connectivity index (χ2v) is 9.62. The monoisotopic (exact) mass is 488 g/mol. The minimum absolute atomic E-state index is 0.0216. The number of carbonyl (C=O) groups is 1. The van der Waals surface area contributed by atoms with Gasteiger partial charge in [0.05, 0.1) is 9.83 Å². The Kier molecular flexibility index (Phi) is 6.50. The molecule has 178 valence electrons. The second-order valence-electron chi connectivity index (χ2n) is 8.62. The van der Waals surface area contributed by atoms with Gasteiger partial charge in [-0.05, 0) is 67.9 Å². The SMILES string of the molecule is Cc1cccc(/N=C2/S/C(=C/c3ccc(-c4ccc([N+](=O)[O-])cc4)o3)C(=O)N2C2CCCCC2)n1. The van der Waals surface area contributed by atoms with Crippen LogP contribution in [-0.2, 0) is 4.79 Å². The van der Waals surface area contributed by atoms with Gasteiger partial charge in [0.1, 0.15) is 11.5 Å². The third kappa shape index (κ3) is 5.05. The number of aryl methyl sites for hydroxylation is 1. The number of amides is 1. The fourth-order valence-corrected chi connectivity index (χ4v) is 5.40. The molecule has 0 radical (unpaired) electrons. The number of furan rings is 1. The Morgan fingerprint density at radius 1 is 1.11 bits per heavy atom. The highest BCUT2D eigenvalue weighted by molar-refractivity contribution is 8.18. The van der Waals surface area contributed by atoms with Gasteiger partial charge in [-0.2, -0.15) is 0 Å². The van der Waals surface area contributed by atoms with Crippen molar-refractivity contribution in [1.82, 2.24) is 9.88 Å². The topological polar surface area (TPSA) is 102 Å². The second kappa shape index (κ2) is 9.87. The number of non-ortho nitro benzene ring substituents is 1. The highest BCUT2D eigenvalue weighted by Gasteiger charge is 2.39. The molecule has 1 aromatic carbocycles. The van der Waals surface area contributed by atoms with Crippen LogP contribution in [0, 0.1) is 17.0 Å². The Hall–Kier alpha value is -3.72. The average molecular weight is 489 g/mol.